The van der Waals surface area contributed by atoms with Gasteiger partial charge in [0.1, 0.15) is 5.75 Å². The summed E-state index contributed by atoms with van der Waals surface area (Å²) >= 11 is 0. The van der Waals surface area contributed by atoms with Crippen LogP contribution in [0.25, 0.3) is 0 Å². The third kappa shape index (κ3) is 5.92. The molecule has 1 N–H and O–H groups in total. The normalized spacial score (nSPS) is 10.3. The van der Waals surface area contributed by atoms with Gasteiger partial charge in [0, 0.05) is 19.2 Å². The van der Waals surface area contributed by atoms with Crippen LogP contribution in [-0.2, 0) is 22.4 Å². The molecule has 0 fully saturated rings. The Bertz CT molecular complexity index is 724. The number of ether oxygens (including phenoxy) is 1. The Balaban J connectivity index is 1.89. The number of nitrogens with one attached hydrogen (secondary N) is 1. The molecule has 0 radical (unpaired) electrons. The number of hydrogen-bond acceptors (Lipinski definition) is 3. The fourth-order valence-corrected chi connectivity index (χ4v) is 2.60. The third-order valence-electron chi connectivity index (χ3n) is 4.26. The Kier molecular flexibility index (Phi) is 7.21. The highest BCUT2D eigenvalue weighted by atomic mass is 16.5. The predicted octanol–water partition coefficient (Wildman–Crippen LogP) is 3.29. The maximum absolute atomic E-state index is 12.3. The third-order valence-corrected chi connectivity index (χ3v) is 4.26. The Morgan fingerprint density at radius 1 is 1.00 bits per heavy atom. The van der Waals surface area contributed by atoms with E-state index < -0.39 is 0 Å². The van der Waals surface area contributed by atoms with Gasteiger partial charge in [0.2, 0.25) is 11.8 Å². The summed E-state index contributed by atoms with van der Waals surface area (Å²) in [6.07, 6.45) is 1.64. The van der Waals surface area contributed by atoms with Gasteiger partial charge in [-0.05, 0) is 48.2 Å². The zero-order valence-electron chi connectivity index (χ0n) is 15.6. The molecular formula is C21H26N2O3. The van der Waals surface area contributed by atoms with Crippen molar-refractivity contribution >= 4 is 17.5 Å². The number of hydrogen-bond donors (Lipinski definition) is 1. The zero-order valence-corrected chi connectivity index (χ0v) is 15.6. The van der Waals surface area contributed by atoms with Crippen LogP contribution in [0.4, 0.5) is 5.69 Å². The highest BCUT2D eigenvalue weighted by molar-refractivity contribution is 5.94. The number of benzene rings is 2. The fraction of sp³-hybridized carbons (Fsp3) is 0.333. The number of amides is 2. The Labute approximate surface area is 155 Å². The van der Waals surface area contributed by atoms with E-state index in [0.717, 1.165) is 23.4 Å². The van der Waals surface area contributed by atoms with Crippen LogP contribution in [0.5, 0.6) is 5.75 Å². The van der Waals surface area contributed by atoms with Crippen molar-refractivity contribution < 1.29 is 14.3 Å². The highest BCUT2D eigenvalue weighted by Crippen LogP contribution is 2.13. The monoisotopic (exact) mass is 354 g/mol. The van der Waals surface area contributed by atoms with E-state index in [2.05, 4.69) is 12.2 Å². The quantitative estimate of drug-likeness (QED) is 0.791. The van der Waals surface area contributed by atoms with E-state index in [1.165, 1.54) is 12.5 Å². The summed E-state index contributed by atoms with van der Waals surface area (Å²) in [7, 11) is 1.63. The van der Waals surface area contributed by atoms with Gasteiger partial charge in [-0.3, -0.25) is 9.59 Å². The lowest BCUT2D eigenvalue weighted by molar-refractivity contribution is -0.132. The van der Waals surface area contributed by atoms with E-state index in [0.29, 0.717) is 13.0 Å². The summed E-state index contributed by atoms with van der Waals surface area (Å²) in [6, 6.07) is 15.4. The molecule has 5 heteroatoms. The average molecular weight is 354 g/mol. The first kappa shape index (κ1) is 19.5. The molecule has 0 aliphatic heterocycles. The van der Waals surface area contributed by atoms with Gasteiger partial charge in [-0.2, -0.15) is 0 Å². The first-order chi connectivity index (χ1) is 12.5. The van der Waals surface area contributed by atoms with Crippen LogP contribution < -0.4 is 10.1 Å². The minimum Gasteiger partial charge on any atom is -0.497 e. The van der Waals surface area contributed by atoms with Crippen molar-refractivity contribution in [2.45, 2.75) is 26.7 Å². The number of rotatable bonds is 8. The number of methoxy groups -OCH3 is 1. The molecule has 0 unspecified atom stereocenters. The van der Waals surface area contributed by atoms with Gasteiger partial charge in [-0.25, -0.2) is 0 Å². The zero-order chi connectivity index (χ0) is 18.9. The number of nitrogens with zero attached hydrogens (tertiary/aromatic N) is 1. The van der Waals surface area contributed by atoms with E-state index in [1.54, 1.807) is 12.0 Å². The molecule has 5 nitrogen and oxygen atoms in total. The van der Waals surface area contributed by atoms with E-state index in [4.69, 9.17) is 4.74 Å². The molecule has 0 heterocycles. The van der Waals surface area contributed by atoms with Crippen molar-refractivity contribution in [2.75, 3.05) is 25.5 Å². The standard InChI is InChI=1S/C21H26N2O3/c1-4-17-5-9-19(10-6-17)22-21(25)15-23(16(2)24)14-13-18-7-11-20(26-3)12-8-18/h5-12H,4,13-15H2,1-3H3,(H,22,25). The SMILES string of the molecule is CCc1ccc(NC(=O)CN(CCc2ccc(OC)cc2)C(C)=O)cc1. The highest BCUT2D eigenvalue weighted by Gasteiger charge is 2.14. The second kappa shape index (κ2) is 9.61. The van der Waals surface area contributed by atoms with Crippen LogP contribution in [0.15, 0.2) is 48.5 Å². The average Bonchev–Trinajstić information content (AvgIpc) is 2.66. The topological polar surface area (TPSA) is 58.6 Å². The first-order valence-electron chi connectivity index (χ1n) is 8.79. The van der Waals surface area contributed by atoms with E-state index in [1.807, 2.05) is 48.5 Å². The number of carbonyl (C=O) groups is 2. The van der Waals surface area contributed by atoms with Crippen LogP contribution in [0.3, 0.4) is 0 Å². The second-order valence-corrected chi connectivity index (χ2v) is 6.14. The minimum atomic E-state index is -0.195. The van der Waals surface area contributed by atoms with Crippen LogP contribution >= 0.6 is 0 Å². The van der Waals surface area contributed by atoms with Crippen molar-refractivity contribution in [1.29, 1.82) is 0 Å². The molecule has 0 saturated heterocycles. The maximum Gasteiger partial charge on any atom is 0.243 e. The van der Waals surface area contributed by atoms with Crippen LogP contribution in [-0.4, -0.2) is 36.9 Å². The Morgan fingerprint density at radius 3 is 2.15 bits per heavy atom. The van der Waals surface area contributed by atoms with Gasteiger partial charge in [-0.1, -0.05) is 31.2 Å². The van der Waals surface area contributed by atoms with Gasteiger partial charge >= 0.3 is 0 Å². The second-order valence-electron chi connectivity index (χ2n) is 6.14. The van der Waals surface area contributed by atoms with Crippen LogP contribution in [0.1, 0.15) is 25.0 Å². The Hall–Kier alpha value is -2.82. The molecule has 0 aliphatic carbocycles. The lowest BCUT2D eigenvalue weighted by atomic mass is 10.1. The van der Waals surface area contributed by atoms with Gasteiger partial charge in [-0.15, -0.1) is 0 Å². The van der Waals surface area contributed by atoms with Gasteiger partial charge in [0.05, 0.1) is 13.7 Å². The van der Waals surface area contributed by atoms with Crippen molar-refractivity contribution in [3.05, 3.63) is 59.7 Å². The van der Waals surface area contributed by atoms with Crippen molar-refractivity contribution in [1.82, 2.24) is 4.90 Å². The fourth-order valence-electron chi connectivity index (χ4n) is 2.60. The number of anilines is 1. The van der Waals surface area contributed by atoms with E-state index >= 15 is 0 Å². The van der Waals surface area contributed by atoms with Crippen LogP contribution in [0, 0.1) is 0 Å². The molecule has 0 aromatic heterocycles. The van der Waals surface area contributed by atoms with E-state index in [-0.39, 0.29) is 18.4 Å². The smallest absolute Gasteiger partial charge is 0.243 e. The van der Waals surface area contributed by atoms with E-state index in [9.17, 15) is 9.59 Å². The molecule has 0 spiro atoms. The molecule has 26 heavy (non-hydrogen) atoms. The molecule has 0 atom stereocenters. The van der Waals surface area contributed by atoms with Crippen molar-refractivity contribution in [2.24, 2.45) is 0 Å². The summed E-state index contributed by atoms with van der Waals surface area (Å²) in [5.41, 5.74) is 3.05. The summed E-state index contributed by atoms with van der Waals surface area (Å²) in [6.45, 7) is 4.10. The minimum absolute atomic E-state index is 0.0427. The molecule has 0 aliphatic rings. The molecule has 2 aromatic rings. The molecule has 0 saturated carbocycles. The van der Waals surface area contributed by atoms with Crippen molar-refractivity contribution in [3.8, 4) is 5.75 Å². The van der Waals surface area contributed by atoms with Crippen LogP contribution in [0.2, 0.25) is 0 Å². The summed E-state index contributed by atoms with van der Waals surface area (Å²) in [5.74, 6) is 0.486. The Morgan fingerprint density at radius 2 is 1.62 bits per heavy atom. The molecule has 0 bridgehead atoms. The van der Waals surface area contributed by atoms with Gasteiger partial charge < -0.3 is 15.0 Å². The molecule has 2 amide bonds. The van der Waals surface area contributed by atoms with Gasteiger partial charge in [0.25, 0.3) is 0 Å². The molecule has 2 aromatic carbocycles. The van der Waals surface area contributed by atoms with Gasteiger partial charge in [0.15, 0.2) is 0 Å². The molecular weight excluding hydrogens is 328 g/mol. The predicted molar refractivity (Wildman–Crippen MR) is 103 cm³/mol. The lowest BCUT2D eigenvalue weighted by Crippen LogP contribution is -2.38. The van der Waals surface area contributed by atoms with Crippen molar-refractivity contribution in [3.63, 3.8) is 0 Å². The lowest BCUT2D eigenvalue weighted by Gasteiger charge is -2.20. The summed E-state index contributed by atoms with van der Waals surface area (Å²) in [4.78, 5) is 25.7. The largest absolute Gasteiger partial charge is 0.497 e. The molecule has 2 rings (SSSR count). The summed E-state index contributed by atoms with van der Waals surface area (Å²) in [5, 5.41) is 2.84. The first-order valence-corrected chi connectivity index (χ1v) is 8.79. The molecule has 138 valence electrons. The number of aryl methyl sites for hydroxylation is 1. The summed E-state index contributed by atoms with van der Waals surface area (Å²) < 4.78 is 5.14. The maximum atomic E-state index is 12.3. The number of carbonyl (C=O) groups excluding carboxylic acids is 2.